The summed E-state index contributed by atoms with van der Waals surface area (Å²) < 4.78 is 4.89. The predicted molar refractivity (Wildman–Crippen MR) is 78.4 cm³/mol. The van der Waals surface area contributed by atoms with Gasteiger partial charge >= 0.3 is 5.97 Å². The van der Waals surface area contributed by atoms with Crippen molar-refractivity contribution in [3.63, 3.8) is 0 Å². The molecule has 2 rings (SSSR count). The number of ether oxygens (including phenoxy) is 1. The van der Waals surface area contributed by atoms with Crippen LogP contribution in [-0.4, -0.2) is 49.3 Å². The van der Waals surface area contributed by atoms with E-state index >= 15 is 0 Å². The maximum absolute atomic E-state index is 12.1. The van der Waals surface area contributed by atoms with Crippen LogP contribution >= 0.6 is 0 Å². The van der Waals surface area contributed by atoms with Gasteiger partial charge in [0, 0.05) is 19.3 Å². The largest absolute Gasteiger partial charge is 0.479 e. The molecule has 0 saturated heterocycles. The Morgan fingerprint density at radius 1 is 1.43 bits per heavy atom. The third-order valence-corrected chi connectivity index (χ3v) is 3.64. The first-order valence-electron chi connectivity index (χ1n) is 6.82. The summed E-state index contributed by atoms with van der Waals surface area (Å²) in [7, 11) is 1.41. The Morgan fingerprint density at radius 3 is 2.81 bits per heavy atom. The minimum Gasteiger partial charge on any atom is -0.479 e. The smallest absolute Gasteiger partial charge is 0.331 e. The first-order chi connectivity index (χ1) is 9.96. The van der Waals surface area contributed by atoms with Crippen LogP contribution in [0.2, 0.25) is 0 Å². The molecule has 0 aliphatic carbocycles. The minimum atomic E-state index is -1.41. The van der Waals surface area contributed by atoms with E-state index < -0.39 is 11.5 Å². The molecule has 1 aromatic rings. The van der Waals surface area contributed by atoms with Gasteiger partial charge in [0.15, 0.2) is 5.54 Å². The Balaban J connectivity index is 2.01. The summed E-state index contributed by atoms with van der Waals surface area (Å²) in [4.78, 5) is 25.4. The minimum absolute atomic E-state index is 0.0787. The van der Waals surface area contributed by atoms with E-state index in [9.17, 15) is 14.7 Å². The highest BCUT2D eigenvalue weighted by molar-refractivity contribution is 5.89. The molecule has 1 aliphatic heterocycles. The number of carbonyl (C=O) groups excluding carboxylic acids is 1. The van der Waals surface area contributed by atoms with Crippen LogP contribution < -0.4 is 10.2 Å². The molecule has 0 spiro atoms. The van der Waals surface area contributed by atoms with E-state index in [-0.39, 0.29) is 19.1 Å². The van der Waals surface area contributed by atoms with Crippen molar-refractivity contribution in [2.45, 2.75) is 18.9 Å². The highest BCUT2D eigenvalue weighted by Gasteiger charge is 2.35. The average Bonchev–Trinajstić information content (AvgIpc) is 2.82. The number of para-hydroxylation sites is 1. The fraction of sp³-hybridized carbons (Fsp3) is 0.467. The van der Waals surface area contributed by atoms with Crippen LogP contribution in [0.3, 0.4) is 0 Å². The second kappa shape index (κ2) is 6.13. The molecular weight excluding hydrogens is 272 g/mol. The monoisotopic (exact) mass is 292 g/mol. The average molecular weight is 292 g/mol. The normalized spacial score (nSPS) is 16.2. The zero-order valence-electron chi connectivity index (χ0n) is 12.3. The number of carbonyl (C=O) groups is 2. The quantitative estimate of drug-likeness (QED) is 0.805. The number of anilines is 1. The van der Waals surface area contributed by atoms with Gasteiger partial charge in [-0.1, -0.05) is 18.2 Å². The van der Waals surface area contributed by atoms with Gasteiger partial charge in [-0.3, -0.25) is 4.79 Å². The first kappa shape index (κ1) is 15.3. The Labute approximate surface area is 123 Å². The molecule has 1 atom stereocenters. The van der Waals surface area contributed by atoms with Crippen molar-refractivity contribution in [1.29, 1.82) is 0 Å². The van der Waals surface area contributed by atoms with Gasteiger partial charge in [-0.2, -0.15) is 0 Å². The first-order valence-corrected chi connectivity index (χ1v) is 6.82. The number of methoxy groups -OCH3 is 1. The summed E-state index contributed by atoms with van der Waals surface area (Å²) in [6.45, 7) is 2.27. The molecule has 114 valence electrons. The van der Waals surface area contributed by atoms with E-state index in [2.05, 4.69) is 5.32 Å². The molecule has 1 heterocycles. The summed E-state index contributed by atoms with van der Waals surface area (Å²) in [5, 5.41) is 11.8. The van der Waals surface area contributed by atoms with Crippen LogP contribution in [0.25, 0.3) is 0 Å². The van der Waals surface area contributed by atoms with E-state index in [0.29, 0.717) is 0 Å². The fourth-order valence-electron chi connectivity index (χ4n) is 2.53. The molecule has 0 bridgehead atoms. The number of hydrogen-bond donors (Lipinski definition) is 2. The van der Waals surface area contributed by atoms with E-state index in [1.165, 1.54) is 19.6 Å². The molecule has 6 nitrogen and oxygen atoms in total. The van der Waals surface area contributed by atoms with Crippen LogP contribution in [0.1, 0.15) is 12.5 Å². The summed E-state index contributed by atoms with van der Waals surface area (Å²) in [5.41, 5.74) is 0.838. The number of benzene rings is 1. The fourth-order valence-corrected chi connectivity index (χ4v) is 2.53. The molecule has 6 heteroatoms. The zero-order chi connectivity index (χ0) is 15.5. The lowest BCUT2D eigenvalue weighted by Gasteiger charge is -2.27. The van der Waals surface area contributed by atoms with Gasteiger partial charge < -0.3 is 20.1 Å². The molecule has 0 radical (unpaired) electrons. The third-order valence-electron chi connectivity index (χ3n) is 3.64. The molecule has 1 aliphatic rings. The Morgan fingerprint density at radius 2 is 2.14 bits per heavy atom. The van der Waals surface area contributed by atoms with Gasteiger partial charge in [0.25, 0.3) is 0 Å². The van der Waals surface area contributed by atoms with Crippen molar-refractivity contribution < 1.29 is 19.4 Å². The highest BCUT2D eigenvalue weighted by atomic mass is 16.5. The molecule has 0 fully saturated rings. The summed E-state index contributed by atoms with van der Waals surface area (Å²) in [6, 6.07) is 7.92. The number of carboxylic acid groups (broad SMARTS) is 1. The lowest BCUT2D eigenvalue weighted by atomic mass is 10.0. The van der Waals surface area contributed by atoms with Gasteiger partial charge in [-0.05, 0) is 25.0 Å². The number of carboxylic acids is 1. The summed E-state index contributed by atoms with van der Waals surface area (Å²) >= 11 is 0. The van der Waals surface area contributed by atoms with Crippen molar-refractivity contribution in [2.75, 3.05) is 31.7 Å². The number of amides is 1. The second-order valence-electron chi connectivity index (χ2n) is 5.42. The molecule has 0 saturated carbocycles. The van der Waals surface area contributed by atoms with Crippen LogP contribution in [0.4, 0.5) is 5.69 Å². The van der Waals surface area contributed by atoms with Crippen LogP contribution in [-0.2, 0) is 20.7 Å². The van der Waals surface area contributed by atoms with E-state index in [4.69, 9.17) is 4.74 Å². The number of rotatable bonds is 6. The number of hydrogen-bond acceptors (Lipinski definition) is 4. The van der Waals surface area contributed by atoms with Gasteiger partial charge in [0.2, 0.25) is 5.91 Å². The maximum Gasteiger partial charge on any atom is 0.331 e. The Hall–Kier alpha value is -2.08. The lowest BCUT2D eigenvalue weighted by Crippen LogP contribution is -2.57. The number of nitrogens with zero attached hydrogens (tertiary/aromatic N) is 1. The molecule has 1 amide bonds. The Kier molecular flexibility index (Phi) is 4.47. The van der Waals surface area contributed by atoms with Crippen LogP contribution in [0.5, 0.6) is 0 Å². The van der Waals surface area contributed by atoms with Crippen molar-refractivity contribution in [3.05, 3.63) is 29.8 Å². The topological polar surface area (TPSA) is 78.9 Å². The standard InChI is InChI=1S/C15H20N2O4/c1-15(10-21-2,14(19)20)16-13(18)9-17-8-7-11-5-3-4-6-12(11)17/h3-6H,7-10H2,1-2H3,(H,16,18)(H,19,20). The van der Waals surface area contributed by atoms with Gasteiger partial charge in [0.1, 0.15) is 0 Å². The second-order valence-corrected chi connectivity index (χ2v) is 5.42. The number of fused-ring (bicyclic) bond motifs is 1. The summed E-state index contributed by atoms with van der Waals surface area (Å²) in [5.74, 6) is -1.44. The molecular formula is C15H20N2O4. The van der Waals surface area contributed by atoms with Gasteiger partial charge in [0.05, 0.1) is 13.2 Å². The molecule has 21 heavy (non-hydrogen) atoms. The highest BCUT2D eigenvalue weighted by Crippen LogP contribution is 2.26. The van der Waals surface area contributed by atoms with Gasteiger partial charge in [-0.25, -0.2) is 4.79 Å². The van der Waals surface area contributed by atoms with Crippen molar-refractivity contribution in [3.8, 4) is 0 Å². The molecule has 0 aromatic heterocycles. The van der Waals surface area contributed by atoms with Crippen molar-refractivity contribution in [1.82, 2.24) is 5.32 Å². The summed E-state index contributed by atoms with van der Waals surface area (Å²) in [6.07, 6.45) is 0.901. The van der Waals surface area contributed by atoms with E-state index in [1.807, 2.05) is 29.2 Å². The Bertz CT molecular complexity index is 546. The SMILES string of the molecule is COCC(C)(NC(=O)CN1CCc2ccccc21)C(=O)O. The molecule has 1 unspecified atom stereocenters. The number of nitrogens with one attached hydrogen (secondary N) is 1. The van der Waals surface area contributed by atoms with E-state index in [0.717, 1.165) is 18.7 Å². The number of aliphatic carboxylic acids is 1. The van der Waals surface area contributed by atoms with Gasteiger partial charge in [-0.15, -0.1) is 0 Å². The van der Waals surface area contributed by atoms with Crippen LogP contribution in [0, 0.1) is 0 Å². The van der Waals surface area contributed by atoms with E-state index in [1.54, 1.807) is 0 Å². The molecule has 1 aromatic carbocycles. The third kappa shape index (κ3) is 3.33. The van der Waals surface area contributed by atoms with Crippen molar-refractivity contribution >= 4 is 17.6 Å². The van der Waals surface area contributed by atoms with Crippen molar-refractivity contribution in [2.24, 2.45) is 0 Å². The molecule has 2 N–H and O–H groups in total. The van der Waals surface area contributed by atoms with Crippen LogP contribution in [0.15, 0.2) is 24.3 Å². The lowest BCUT2D eigenvalue weighted by molar-refractivity contribution is -0.149. The maximum atomic E-state index is 12.1. The zero-order valence-corrected chi connectivity index (χ0v) is 12.3. The predicted octanol–water partition coefficient (Wildman–Crippen LogP) is 0.655.